The van der Waals surface area contributed by atoms with Crippen LogP contribution in [0.15, 0.2) is 52.4 Å². The second-order valence-corrected chi connectivity index (χ2v) is 10.4. The van der Waals surface area contributed by atoms with Crippen molar-refractivity contribution < 1.29 is 22.3 Å². The van der Waals surface area contributed by atoms with Crippen molar-refractivity contribution in [2.75, 3.05) is 13.2 Å². The Morgan fingerprint density at radius 2 is 2.00 bits per heavy atom. The zero-order valence-corrected chi connectivity index (χ0v) is 18.6. The van der Waals surface area contributed by atoms with Crippen molar-refractivity contribution >= 4 is 37.3 Å². The number of aromatic nitrogens is 1. The zero-order chi connectivity index (χ0) is 21.9. The molecule has 1 amide bonds. The molecule has 0 aliphatic carbocycles. The molecule has 30 heavy (non-hydrogen) atoms. The lowest BCUT2D eigenvalue weighted by molar-refractivity contribution is 0.0996. The van der Waals surface area contributed by atoms with E-state index >= 15 is 0 Å². The number of amides is 1. The molecule has 9 heteroatoms. The summed E-state index contributed by atoms with van der Waals surface area (Å²) in [6, 6.07) is 10.3. The molecule has 0 aliphatic rings. The number of rotatable bonds is 7. The summed E-state index contributed by atoms with van der Waals surface area (Å²) < 4.78 is 46.4. The Morgan fingerprint density at radius 1 is 1.23 bits per heavy atom. The van der Waals surface area contributed by atoms with E-state index in [4.69, 9.17) is 4.74 Å². The van der Waals surface area contributed by atoms with Crippen molar-refractivity contribution in [3.05, 3.63) is 58.6 Å². The van der Waals surface area contributed by atoms with E-state index in [1.165, 1.54) is 47.7 Å². The minimum atomic E-state index is -3.51. The number of sulfone groups is 1. The molecular formula is C21H23FN2O4S2. The fraction of sp³-hybridized carbons (Fsp3) is 0.333. The molecule has 0 atom stereocenters. The first kappa shape index (κ1) is 22.3. The van der Waals surface area contributed by atoms with Crippen LogP contribution >= 0.6 is 11.3 Å². The molecule has 0 spiro atoms. The summed E-state index contributed by atoms with van der Waals surface area (Å²) in [5.41, 5.74) is 0.931. The average Bonchev–Trinajstić information content (AvgIpc) is 3.04. The first-order valence-electron chi connectivity index (χ1n) is 9.53. The van der Waals surface area contributed by atoms with Gasteiger partial charge in [-0.15, -0.1) is 0 Å². The molecule has 2 aromatic carbocycles. The molecular weight excluding hydrogens is 427 g/mol. The highest BCUT2D eigenvalue weighted by atomic mass is 32.2. The molecule has 0 saturated carbocycles. The van der Waals surface area contributed by atoms with E-state index in [0.29, 0.717) is 29.3 Å². The lowest BCUT2D eigenvalue weighted by Crippen LogP contribution is -2.20. The first-order chi connectivity index (χ1) is 14.2. The highest BCUT2D eigenvalue weighted by Gasteiger charge is 2.20. The number of hydrogen-bond donors (Lipinski definition) is 0. The lowest BCUT2D eigenvalue weighted by Gasteiger charge is -2.08. The normalized spacial score (nSPS) is 12.8. The van der Waals surface area contributed by atoms with Gasteiger partial charge in [0, 0.05) is 18.7 Å². The maximum Gasteiger partial charge on any atom is 0.279 e. The third-order valence-electron chi connectivity index (χ3n) is 4.54. The highest BCUT2D eigenvalue weighted by Crippen LogP contribution is 2.20. The Kier molecular flexibility index (Phi) is 6.84. The van der Waals surface area contributed by atoms with Crippen LogP contribution in [-0.4, -0.2) is 37.4 Å². The van der Waals surface area contributed by atoms with Crippen molar-refractivity contribution in [1.82, 2.24) is 4.57 Å². The van der Waals surface area contributed by atoms with Gasteiger partial charge in [0.25, 0.3) is 5.91 Å². The summed E-state index contributed by atoms with van der Waals surface area (Å²) in [6.45, 7) is 6.49. The van der Waals surface area contributed by atoms with Crippen LogP contribution in [-0.2, 0) is 21.1 Å². The summed E-state index contributed by atoms with van der Waals surface area (Å²) in [6.07, 6.45) is 0. The van der Waals surface area contributed by atoms with Gasteiger partial charge in [0.2, 0.25) is 0 Å². The second-order valence-electron chi connectivity index (χ2n) is 6.88. The standard InChI is InChI=1S/C21H23FN2O4S2/c1-4-28-11-10-24-18-9-8-16(22)13-19(18)29-21(24)23-20(25)15-6-5-7-17(12-15)30(26,27)14(2)3/h5-9,12-14H,4,10-11H2,1-3H3. The van der Waals surface area contributed by atoms with Gasteiger partial charge in [-0.3, -0.25) is 4.79 Å². The van der Waals surface area contributed by atoms with Crippen molar-refractivity contribution in [2.45, 2.75) is 37.5 Å². The van der Waals surface area contributed by atoms with E-state index in [1.807, 2.05) is 11.5 Å². The molecule has 0 fully saturated rings. The Hall–Kier alpha value is -2.36. The van der Waals surface area contributed by atoms with Crippen molar-refractivity contribution in [1.29, 1.82) is 0 Å². The number of hydrogen-bond acceptors (Lipinski definition) is 5. The number of thiazole rings is 1. The number of nitrogens with zero attached hydrogens (tertiary/aromatic N) is 2. The summed E-state index contributed by atoms with van der Waals surface area (Å²) in [4.78, 5) is 17.5. The second kappa shape index (κ2) is 9.20. The SMILES string of the molecule is CCOCCn1c(=NC(=O)c2cccc(S(=O)(=O)C(C)C)c2)sc2cc(F)ccc21. The number of halogens is 1. The molecule has 1 heterocycles. The number of fused-ring (bicyclic) bond motifs is 1. The zero-order valence-electron chi connectivity index (χ0n) is 17.0. The average molecular weight is 451 g/mol. The van der Waals surface area contributed by atoms with E-state index in [-0.39, 0.29) is 16.3 Å². The van der Waals surface area contributed by atoms with E-state index in [9.17, 15) is 17.6 Å². The summed E-state index contributed by atoms with van der Waals surface area (Å²) in [5, 5.41) is -0.599. The fourth-order valence-corrected chi connectivity index (χ4v) is 5.06. The van der Waals surface area contributed by atoms with Gasteiger partial charge in [-0.25, -0.2) is 12.8 Å². The van der Waals surface area contributed by atoms with Gasteiger partial charge < -0.3 is 9.30 Å². The number of carbonyl (C=O) groups is 1. The van der Waals surface area contributed by atoms with E-state index in [1.54, 1.807) is 19.9 Å². The predicted molar refractivity (Wildman–Crippen MR) is 115 cm³/mol. The molecule has 3 rings (SSSR count). The molecule has 0 radical (unpaired) electrons. The van der Waals surface area contributed by atoms with Gasteiger partial charge in [-0.05, 0) is 57.2 Å². The van der Waals surface area contributed by atoms with Crippen molar-refractivity contribution in [2.24, 2.45) is 4.99 Å². The molecule has 6 nitrogen and oxygen atoms in total. The molecule has 1 aromatic heterocycles. The Bertz CT molecular complexity index is 1240. The third kappa shape index (κ3) is 4.69. The van der Waals surface area contributed by atoms with E-state index in [0.717, 1.165) is 5.52 Å². The Morgan fingerprint density at radius 3 is 2.70 bits per heavy atom. The molecule has 0 N–H and O–H groups in total. The van der Waals surface area contributed by atoms with E-state index in [2.05, 4.69) is 4.99 Å². The van der Waals surface area contributed by atoms with Crippen LogP contribution in [0.25, 0.3) is 10.2 Å². The van der Waals surface area contributed by atoms with Crippen LogP contribution in [0.4, 0.5) is 4.39 Å². The van der Waals surface area contributed by atoms with Gasteiger partial charge in [0.05, 0.1) is 27.0 Å². The van der Waals surface area contributed by atoms with Gasteiger partial charge in [-0.2, -0.15) is 4.99 Å². The van der Waals surface area contributed by atoms with Crippen LogP contribution in [0.2, 0.25) is 0 Å². The molecule has 3 aromatic rings. The lowest BCUT2D eigenvalue weighted by atomic mass is 10.2. The molecule has 160 valence electrons. The number of carbonyl (C=O) groups excluding carboxylic acids is 1. The quantitative estimate of drug-likeness (QED) is 0.513. The van der Waals surface area contributed by atoms with Crippen molar-refractivity contribution in [3.63, 3.8) is 0 Å². The molecule has 0 saturated heterocycles. The molecule has 0 bridgehead atoms. The maximum atomic E-state index is 13.7. The van der Waals surface area contributed by atoms with Crippen LogP contribution < -0.4 is 4.80 Å². The number of benzene rings is 2. The topological polar surface area (TPSA) is 77.7 Å². The Balaban J connectivity index is 2.06. The monoisotopic (exact) mass is 450 g/mol. The van der Waals surface area contributed by atoms with Gasteiger partial charge in [0.15, 0.2) is 14.6 Å². The van der Waals surface area contributed by atoms with Gasteiger partial charge in [-0.1, -0.05) is 17.4 Å². The first-order valence-corrected chi connectivity index (χ1v) is 11.9. The van der Waals surface area contributed by atoms with Crippen LogP contribution in [0.3, 0.4) is 0 Å². The smallest absolute Gasteiger partial charge is 0.279 e. The van der Waals surface area contributed by atoms with Crippen molar-refractivity contribution in [3.8, 4) is 0 Å². The predicted octanol–water partition coefficient (Wildman–Crippen LogP) is 3.80. The molecule has 0 aliphatic heterocycles. The summed E-state index contributed by atoms with van der Waals surface area (Å²) in [7, 11) is -3.51. The van der Waals surface area contributed by atoms with Gasteiger partial charge >= 0.3 is 0 Å². The van der Waals surface area contributed by atoms with Gasteiger partial charge in [0.1, 0.15) is 5.82 Å². The van der Waals surface area contributed by atoms with Crippen LogP contribution in [0, 0.1) is 5.82 Å². The van der Waals surface area contributed by atoms with E-state index < -0.39 is 21.0 Å². The molecule has 0 unspecified atom stereocenters. The largest absolute Gasteiger partial charge is 0.380 e. The minimum Gasteiger partial charge on any atom is -0.380 e. The number of ether oxygens (including phenoxy) is 1. The fourth-order valence-electron chi connectivity index (χ4n) is 2.88. The highest BCUT2D eigenvalue weighted by molar-refractivity contribution is 7.92. The Labute approximate surface area is 178 Å². The summed E-state index contributed by atoms with van der Waals surface area (Å²) >= 11 is 1.20. The van der Waals surface area contributed by atoms with Crippen LogP contribution in [0.5, 0.6) is 0 Å². The maximum absolute atomic E-state index is 13.7. The minimum absolute atomic E-state index is 0.0844. The summed E-state index contributed by atoms with van der Waals surface area (Å²) in [5.74, 6) is -0.932. The third-order valence-corrected chi connectivity index (χ3v) is 7.73. The van der Waals surface area contributed by atoms with Crippen LogP contribution in [0.1, 0.15) is 31.1 Å².